The lowest BCUT2D eigenvalue weighted by Crippen LogP contribution is -2.23. The van der Waals surface area contributed by atoms with E-state index < -0.39 is 5.91 Å². The Morgan fingerprint density at radius 2 is 2.22 bits per heavy atom. The molecule has 1 aromatic carbocycles. The summed E-state index contributed by atoms with van der Waals surface area (Å²) < 4.78 is 10.7. The van der Waals surface area contributed by atoms with Crippen molar-refractivity contribution in [3.05, 3.63) is 27.6 Å². The Labute approximate surface area is 142 Å². The number of carbonyl (C=O) groups excluding carboxylic acids is 2. The van der Waals surface area contributed by atoms with Crippen molar-refractivity contribution in [1.82, 2.24) is 5.32 Å². The Morgan fingerprint density at radius 1 is 1.48 bits per heavy atom. The second kappa shape index (κ2) is 7.52. The van der Waals surface area contributed by atoms with Crippen LogP contribution in [-0.2, 0) is 9.59 Å². The van der Waals surface area contributed by atoms with Crippen molar-refractivity contribution < 1.29 is 19.1 Å². The summed E-state index contributed by atoms with van der Waals surface area (Å²) in [7, 11) is 1.51. The number of methoxy groups -OCH3 is 1. The van der Waals surface area contributed by atoms with Crippen molar-refractivity contribution in [2.24, 2.45) is 4.99 Å². The quantitative estimate of drug-likeness (QED) is 0.841. The first-order valence-corrected chi connectivity index (χ1v) is 7.94. The summed E-state index contributed by atoms with van der Waals surface area (Å²) in [6.07, 6.45) is 1.64. The van der Waals surface area contributed by atoms with Crippen LogP contribution in [0.5, 0.6) is 11.5 Å². The molecule has 0 aromatic heterocycles. The molecule has 1 aliphatic rings. The van der Waals surface area contributed by atoms with Crippen LogP contribution in [0, 0.1) is 0 Å². The normalized spacial score (nSPS) is 15.6. The lowest BCUT2D eigenvalue weighted by molar-refractivity contribution is -0.117. The van der Waals surface area contributed by atoms with Crippen LogP contribution >= 0.6 is 23.4 Å². The van der Waals surface area contributed by atoms with Gasteiger partial charge in [-0.15, -0.1) is 0 Å². The zero-order chi connectivity index (χ0) is 17.0. The first-order valence-electron chi connectivity index (χ1n) is 6.75. The van der Waals surface area contributed by atoms with Gasteiger partial charge in [0, 0.05) is 6.92 Å². The molecule has 2 rings (SSSR count). The summed E-state index contributed by atoms with van der Waals surface area (Å²) in [5.41, 5.74) is 0.675. The zero-order valence-electron chi connectivity index (χ0n) is 12.8. The number of nitrogens with one attached hydrogen (secondary N) is 1. The molecule has 0 saturated carbocycles. The van der Waals surface area contributed by atoms with Gasteiger partial charge < -0.3 is 14.8 Å². The van der Waals surface area contributed by atoms with Crippen LogP contribution in [0.25, 0.3) is 6.08 Å². The van der Waals surface area contributed by atoms with Crippen LogP contribution in [0.3, 0.4) is 0 Å². The standard InChI is InChI=1S/C15H15ClN2O4S/c1-4-22-11-6-9(5-10(16)13(11)21-3)7-12-14(20)18-15(23-12)17-8(2)19/h5-7H,4H2,1-3H3,(H,17,18,19,20)/b12-7-. The van der Waals surface area contributed by atoms with Gasteiger partial charge in [-0.2, -0.15) is 4.99 Å². The van der Waals surface area contributed by atoms with E-state index in [4.69, 9.17) is 21.1 Å². The third kappa shape index (κ3) is 4.27. The van der Waals surface area contributed by atoms with Gasteiger partial charge in [-0.05, 0) is 42.5 Å². The average molecular weight is 355 g/mol. The van der Waals surface area contributed by atoms with Gasteiger partial charge in [0.15, 0.2) is 16.7 Å². The molecular weight excluding hydrogens is 340 g/mol. The van der Waals surface area contributed by atoms with Crippen molar-refractivity contribution in [3.8, 4) is 11.5 Å². The van der Waals surface area contributed by atoms with Crippen LogP contribution in [0.2, 0.25) is 5.02 Å². The predicted molar refractivity (Wildman–Crippen MR) is 91.0 cm³/mol. The summed E-state index contributed by atoms with van der Waals surface area (Å²) in [4.78, 5) is 27.1. The maximum Gasteiger partial charge on any atom is 0.286 e. The number of aliphatic imine (C=N–C) groups is 1. The molecule has 0 bridgehead atoms. The highest BCUT2D eigenvalue weighted by Gasteiger charge is 2.23. The van der Waals surface area contributed by atoms with Crippen molar-refractivity contribution in [3.63, 3.8) is 0 Å². The lowest BCUT2D eigenvalue weighted by Gasteiger charge is -2.12. The van der Waals surface area contributed by atoms with Gasteiger partial charge in [0.1, 0.15) is 0 Å². The number of hydrogen-bond acceptors (Lipinski definition) is 5. The van der Waals surface area contributed by atoms with Gasteiger partial charge in [0.25, 0.3) is 5.91 Å². The van der Waals surface area contributed by atoms with Crippen LogP contribution in [0.4, 0.5) is 0 Å². The molecule has 1 N–H and O–H groups in total. The predicted octanol–water partition coefficient (Wildman–Crippen LogP) is 2.85. The molecule has 0 aliphatic carbocycles. The van der Waals surface area contributed by atoms with E-state index >= 15 is 0 Å². The second-order valence-electron chi connectivity index (χ2n) is 4.48. The van der Waals surface area contributed by atoms with Crippen molar-refractivity contribution in [2.75, 3.05) is 13.7 Å². The van der Waals surface area contributed by atoms with Gasteiger partial charge >= 0.3 is 0 Å². The number of thioether (sulfide) groups is 1. The maximum absolute atomic E-state index is 11.9. The number of rotatable bonds is 4. The zero-order valence-corrected chi connectivity index (χ0v) is 14.4. The minimum Gasteiger partial charge on any atom is -0.491 e. The van der Waals surface area contributed by atoms with Crippen LogP contribution in [0.15, 0.2) is 22.0 Å². The van der Waals surface area contributed by atoms with E-state index in [1.165, 1.54) is 14.0 Å². The Bertz CT molecular complexity index is 716. The molecule has 0 saturated heterocycles. The first-order chi connectivity index (χ1) is 10.9. The number of halogens is 1. The molecule has 0 fully saturated rings. The highest BCUT2D eigenvalue weighted by molar-refractivity contribution is 8.18. The molecule has 1 aliphatic heterocycles. The lowest BCUT2D eigenvalue weighted by atomic mass is 10.2. The van der Waals surface area contributed by atoms with Gasteiger partial charge in [0.05, 0.1) is 23.6 Å². The SMILES string of the molecule is CCOc1cc(/C=C2\SC(NC(C)=O)=NC2=O)cc(Cl)c1OC. The number of carbonyl (C=O) groups is 2. The van der Waals surface area contributed by atoms with Gasteiger partial charge in [-0.1, -0.05) is 11.6 Å². The number of hydrogen-bond donors (Lipinski definition) is 1. The van der Waals surface area contributed by atoms with E-state index in [1.807, 2.05) is 6.92 Å². The molecule has 0 atom stereocenters. The number of benzene rings is 1. The van der Waals surface area contributed by atoms with Gasteiger partial charge in [-0.25, -0.2) is 0 Å². The number of amides is 2. The van der Waals surface area contributed by atoms with E-state index in [-0.39, 0.29) is 11.1 Å². The summed E-state index contributed by atoms with van der Waals surface area (Å²) in [5, 5.41) is 3.13. The Morgan fingerprint density at radius 3 is 2.83 bits per heavy atom. The largest absolute Gasteiger partial charge is 0.491 e. The van der Waals surface area contributed by atoms with E-state index in [9.17, 15) is 9.59 Å². The first kappa shape index (κ1) is 17.4. The van der Waals surface area contributed by atoms with E-state index in [0.29, 0.717) is 33.6 Å². The fourth-order valence-electron chi connectivity index (χ4n) is 1.90. The Kier molecular flexibility index (Phi) is 5.68. The second-order valence-corrected chi connectivity index (χ2v) is 5.92. The maximum atomic E-state index is 11.9. The van der Waals surface area contributed by atoms with Crippen molar-refractivity contribution >= 4 is 46.4 Å². The Balaban J connectivity index is 2.30. The molecule has 8 heteroatoms. The van der Waals surface area contributed by atoms with E-state index in [2.05, 4.69) is 10.3 Å². The molecular formula is C15H15ClN2O4S. The molecule has 0 spiro atoms. The van der Waals surface area contributed by atoms with E-state index in [0.717, 1.165) is 11.8 Å². The minimum absolute atomic E-state index is 0.262. The smallest absolute Gasteiger partial charge is 0.286 e. The molecule has 0 radical (unpaired) electrons. The van der Waals surface area contributed by atoms with Gasteiger partial charge in [0.2, 0.25) is 5.91 Å². The fourth-order valence-corrected chi connectivity index (χ4v) is 3.05. The van der Waals surface area contributed by atoms with Gasteiger partial charge in [-0.3, -0.25) is 9.59 Å². The summed E-state index contributed by atoms with van der Waals surface area (Å²) in [6.45, 7) is 3.66. The molecule has 0 unspecified atom stereocenters. The summed E-state index contributed by atoms with van der Waals surface area (Å²) >= 11 is 7.27. The van der Waals surface area contributed by atoms with Crippen LogP contribution < -0.4 is 14.8 Å². The molecule has 122 valence electrons. The highest BCUT2D eigenvalue weighted by Crippen LogP contribution is 2.38. The highest BCUT2D eigenvalue weighted by atomic mass is 35.5. The summed E-state index contributed by atoms with van der Waals surface area (Å²) in [6, 6.07) is 3.39. The third-order valence-electron chi connectivity index (χ3n) is 2.74. The van der Waals surface area contributed by atoms with Crippen LogP contribution in [0.1, 0.15) is 19.4 Å². The minimum atomic E-state index is -0.413. The molecule has 23 heavy (non-hydrogen) atoms. The van der Waals surface area contributed by atoms with Crippen molar-refractivity contribution in [2.45, 2.75) is 13.8 Å². The number of amidine groups is 1. The summed E-state index contributed by atoms with van der Waals surface area (Å²) in [5.74, 6) is 0.240. The Hall–Kier alpha value is -1.99. The van der Waals surface area contributed by atoms with Crippen molar-refractivity contribution in [1.29, 1.82) is 0 Å². The molecule has 2 amide bonds. The van der Waals surface area contributed by atoms with Crippen LogP contribution in [-0.4, -0.2) is 30.7 Å². The van der Waals surface area contributed by atoms with E-state index in [1.54, 1.807) is 18.2 Å². The monoisotopic (exact) mass is 354 g/mol. The fraction of sp³-hybridized carbons (Fsp3) is 0.267. The molecule has 6 nitrogen and oxygen atoms in total. The molecule has 1 heterocycles. The molecule has 1 aromatic rings. The average Bonchev–Trinajstić information content (AvgIpc) is 2.78. The number of ether oxygens (including phenoxy) is 2. The topological polar surface area (TPSA) is 77.0 Å². The third-order valence-corrected chi connectivity index (χ3v) is 3.92. The number of nitrogens with zero attached hydrogens (tertiary/aromatic N) is 1.